The first-order chi connectivity index (χ1) is 5.97. The van der Waals surface area contributed by atoms with Gasteiger partial charge in [0.1, 0.15) is 5.69 Å². The Bertz CT molecular complexity index is 355. The largest absolute Gasteiger partial charge is 0.226 e. The van der Waals surface area contributed by atoms with E-state index in [9.17, 15) is 0 Å². The molecule has 0 atom stereocenters. The summed E-state index contributed by atoms with van der Waals surface area (Å²) in [7, 11) is 0. The van der Waals surface area contributed by atoms with E-state index in [0.717, 1.165) is 0 Å². The van der Waals surface area contributed by atoms with Crippen LogP contribution in [0.2, 0.25) is 5.28 Å². The summed E-state index contributed by atoms with van der Waals surface area (Å²) < 4.78 is 0. The van der Waals surface area contributed by atoms with Gasteiger partial charge in [0.05, 0.1) is 0 Å². The molecule has 0 aliphatic heterocycles. The predicted octanol–water partition coefficient (Wildman–Crippen LogP) is 2.53. The van der Waals surface area contributed by atoms with Crippen LogP contribution >= 0.6 is 11.6 Å². The quantitative estimate of drug-likeness (QED) is 0.469. The van der Waals surface area contributed by atoms with Crippen LogP contribution in [0.15, 0.2) is 12.3 Å². The molecule has 0 unspecified atom stereocenters. The van der Waals surface area contributed by atoms with Gasteiger partial charge in [0.25, 0.3) is 0 Å². The van der Waals surface area contributed by atoms with Crippen molar-refractivity contribution in [1.29, 1.82) is 0 Å². The highest BCUT2D eigenvalue weighted by Gasteiger charge is 2.03. The Balaban J connectivity index is 2.90. The summed E-state index contributed by atoms with van der Waals surface area (Å²) in [6.07, 6.45) is 1.60. The third kappa shape index (κ3) is 3.91. The van der Waals surface area contributed by atoms with E-state index >= 15 is 0 Å². The Morgan fingerprint density at radius 3 is 2.62 bits per heavy atom. The molecule has 3 heteroatoms. The number of hydrogen-bond donors (Lipinski definition) is 0. The van der Waals surface area contributed by atoms with E-state index in [1.54, 1.807) is 12.3 Å². The molecule has 1 aromatic rings. The lowest BCUT2D eigenvalue weighted by Gasteiger charge is -2.06. The minimum Gasteiger partial charge on any atom is -0.226 e. The van der Waals surface area contributed by atoms with Crippen molar-refractivity contribution < 1.29 is 0 Å². The Morgan fingerprint density at radius 1 is 1.38 bits per heavy atom. The fraction of sp³-hybridized carbons (Fsp3) is 0.400. The Labute approximate surface area is 83.4 Å². The highest BCUT2D eigenvalue weighted by Crippen LogP contribution is 2.10. The second kappa shape index (κ2) is 3.76. The van der Waals surface area contributed by atoms with Gasteiger partial charge >= 0.3 is 0 Å². The van der Waals surface area contributed by atoms with Crippen LogP contribution in [0.1, 0.15) is 26.5 Å². The minimum absolute atomic E-state index is 0.0164. The number of halogens is 1. The number of aromatic nitrogens is 2. The molecule has 13 heavy (non-hydrogen) atoms. The molecule has 1 heterocycles. The minimum atomic E-state index is -0.0164. The van der Waals surface area contributed by atoms with Crippen molar-refractivity contribution in [2.75, 3.05) is 0 Å². The molecule has 0 fully saturated rings. The van der Waals surface area contributed by atoms with Gasteiger partial charge in [-0.1, -0.05) is 5.92 Å². The number of hydrogen-bond acceptors (Lipinski definition) is 2. The molecule has 68 valence electrons. The van der Waals surface area contributed by atoms with Crippen molar-refractivity contribution in [3.63, 3.8) is 0 Å². The Hall–Kier alpha value is -1.07. The summed E-state index contributed by atoms with van der Waals surface area (Å²) in [5, 5.41) is 0.237. The van der Waals surface area contributed by atoms with E-state index in [0.29, 0.717) is 5.69 Å². The third-order valence-corrected chi connectivity index (χ3v) is 1.37. The molecular weight excluding hydrogens is 184 g/mol. The van der Waals surface area contributed by atoms with E-state index in [1.807, 2.05) is 20.8 Å². The fourth-order valence-electron chi connectivity index (χ4n) is 0.656. The second-order valence-corrected chi connectivity index (χ2v) is 4.05. The van der Waals surface area contributed by atoms with Gasteiger partial charge in [0.15, 0.2) is 0 Å². The first-order valence-electron chi connectivity index (χ1n) is 3.99. The molecule has 0 saturated carbocycles. The van der Waals surface area contributed by atoms with Gasteiger partial charge in [-0.05, 0) is 44.4 Å². The van der Waals surface area contributed by atoms with E-state index in [1.165, 1.54) is 0 Å². The van der Waals surface area contributed by atoms with Gasteiger partial charge in [-0.3, -0.25) is 0 Å². The van der Waals surface area contributed by atoms with Crippen LogP contribution in [0.25, 0.3) is 0 Å². The first-order valence-corrected chi connectivity index (χ1v) is 4.37. The maximum Gasteiger partial charge on any atom is 0.223 e. The summed E-state index contributed by atoms with van der Waals surface area (Å²) in [4.78, 5) is 7.73. The van der Waals surface area contributed by atoms with Crippen molar-refractivity contribution in [3.8, 4) is 11.8 Å². The van der Waals surface area contributed by atoms with Gasteiger partial charge in [-0.25, -0.2) is 9.97 Å². The van der Waals surface area contributed by atoms with Gasteiger partial charge < -0.3 is 0 Å². The van der Waals surface area contributed by atoms with Gasteiger partial charge in [-0.15, -0.1) is 0 Å². The average molecular weight is 195 g/mol. The smallest absolute Gasteiger partial charge is 0.223 e. The van der Waals surface area contributed by atoms with Crippen molar-refractivity contribution in [2.45, 2.75) is 20.8 Å². The molecule has 0 radical (unpaired) electrons. The van der Waals surface area contributed by atoms with Crippen LogP contribution in [-0.4, -0.2) is 9.97 Å². The average Bonchev–Trinajstić information content (AvgIpc) is 2.00. The normalized spacial score (nSPS) is 10.5. The van der Waals surface area contributed by atoms with Crippen LogP contribution in [0, 0.1) is 17.3 Å². The summed E-state index contributed by atoms with van der Waals surface area (Å²) in [6.45, 7) is 6.13. The van der Waals surface area contributed by atoms with Crippen molar-refractivity contribution >= 4 is 11.6 Å². The van der Waals surface area contributed by atoms with Gasteiger partial charge in [0, 0.05) is 11.6 Å². The molecule has 0 aliphatic rings. The van der Waals surface area contributed by atoms with Crippen LogP contribution in [-0.2, 0) is 0 Å². The Kier molecular flexibility index (Phi) is 2.90. The van der Waals surface area contributed by atoms with Crippen molar-refractivity contribution in [3.05, 3.63) is 23.2 Å². The molecular formula is C10H11ClN2. The fourth-order valence-corrected chi connectivity index (χ4v) is 0.803. The summed E-state index contributed by atoms with van der Waals surface area (Å²) in [6, 6.07) is 1.74. The standard InChI is InChI=1S/C10H11ClN2/c1-10(2,3)6-4-8-5-7-12-9(11)13-8/h5,7H,1-3H3. The molecule has 0 aliphatic carbocycles. The van der Waals surface area contributed by atoms with Crippen LogP contribution in [0.5, 0.6) is 0 Å². The maximum atomic E-state index is 5.60. The lowest BCUT2D eigenvalue weighted by Crippen LogP contribution is -1.99. The van der Waals surface area contributed by atoms with Crippen molar-refractivity contribution in [1.82, 2.24) is 9.97 Å². The third-order valence-electron chi connectivity index (χ3n) is 1.19. The van der Waals surface area contributed by atoms with Crippen LogP contribution in [0.3, 0.4) is 0 Å². The summed E-state index contributed by atoms with van der Waals surface area (Å²) in [5.41, 5.74) is 0.646. The van der Waals surface area contributed by atoms with E-state index in [2.05, 4.69) is 21.8 Å². The lowest BCUT2D eigenvalue weighted by atomic mass is 9.98. The zero-order chi connectivity index (χ0) is 9.90. The van der Waals surface area contributed by atoms with Crippen LogP contribution < -0.4 is 0 Å². The van der Waals surface area contributed by atoms with E-state index < -0.39 is 0 Å². The summed E-state index contributed by atoms with van der Waals surface area (Å²) in [5.74, 6) is 6.01. The SMILES string of the molecule is CC(C)(C)C#Cc1ccnc(Cl)n1. The predicted molar refractivity (Wildman–Crippen MR) is 53.4 cm³/mol. The molecule has 0 spiro atoms. The molecule has 0 saturated heterocycles. The molecule has 1 aromatic heterocycles. The highest BCUT2D eigenvalue weighted by molar-refractivity contribution is 6.28. The van der Waals surface area contributed by atoms with Crippen LogP contribution in [0.4, 0.5) is 0 Å². The van der Waals surface area contributed by atoms with Crippen molar-refractivity contribution in [2.24, 2.45) is 5.41 Å². The van der Waals surface area contributed by atoms with E-state index in [4.69, 9.17) is 11.6 Å². The van der Waals surface area contributed by atoms with E-state index in [-0.39, 0.29) is 10.7 Å². The number of rotatable bonds is 0. The molecule has 0 aromatic carbocycles. The molecule has 2 nitrogen and oxygen atoms in total. The molecule has 1 rings (SSSR count). The Morgan fingerprint density at radius 2 is 2.08 bits per heavy atom. The molecule has 0 bridgehead atoms. The topological polar surface area (TPSA) is 25.8 Å². The number of nitrogens with zero attached hydrogens (tertiary/aromatic N) is 2. The lowest BCUT2D eigenvalue weighted by molar-refractivity contribution is 0.571. The zero-order valence-electron chi connectivity index (χ0n) is 7.93. The maximum absolute atomic E-state index is 5.60. The first kappa shape index (κ1) is 10.0. The zero-order valence-corrected chi connectivity index (χ0v) is 8.68. The molecule has 0 N–H and O–H groups in total. The molecule has 0 amide bonds. The van der Waals surface area contributed by atoms with Gasteiger partial charge in [0.2, 0.25) is 5.28 Å². The highest BCUT2D eigenvalue weighted by atomic mass is 35.5. The van der Waals surface area contributed by atoms with Gasteiger partial charge in [-0.2, -0.15) is 0 Å². The monoisotopic (exact) mass is 194 g/mol. The second-order valence-electron chi connectivity index (χ2n) is 3.71. The summed E-state index contributed by atoms with van der Waals surface area (Å²) >= 11 is 5.60.